The number of hydrogen-bond acceptors (Lipinski definition) is 3. The summed E-state index contributed by atoms with van der Waals surface area (Å²) >= 11 is 1.58. The average Bonchev–Trinajstić information content (AvgIpc) is 2.74. The predicted octanol–water partition coefficient (Wildman–Crippen LogP) is 4.57. The largest absolute Gasteiger partial charge is 0.310 e. The minimum Gasteiger partial charge on any atom is -0.310 e. The van der Waals surface area contributed by atoms with Crippen molar-refractivity contribution < 1.29 is 0 Å². The van der Waals surface area contributed by atoms with Crippen molar-refractivity contribution in [3.8, 4) is 11.1 Å². The number of thiophene rings is 1. The van der Waals surface area contributed by atoms with Gasteiger partial charge in [0.2, 0.25) is 0 Å². The highest BCUT2D eigenvalue weighted by molar-refractivity contribution is 7.19. The highest BCUT2D eigenvalue weighted by Gasteiger charge is 2.17. The molecule has 2 heterocycles. The number of benzene rings is 1. The van der Waals surface area contributed by atoms with Crippen LogP contribution in [0.15, 0.2) is 29.1 Å². The molecule has 3 aromatic rings. The van der Waals surface area contributed by atoms with Crippen LogP contribution < -0.4 is 5.56 Å². The Morgan fingerprint density at radius 2 is 1.73 bits per heavy atom. The van der Waals surface area contributed by atoms with E-state index in [1.807, 2.05) is 13.8 Å². The van der Waals surface area contributed by atoms with Crippen molar-refractivity contribution in [1.29, 1.82) is 0 Å². The van der Waals surface area contributed by atoms with Gasteiger partial charge in [0.1, 0.15) is 10.7 Å². The lowest BCUT2D eigenvalue weighted by Gasteiger charge is -2.19. The number of rotatable bonds is 1. The Kier molecular flexibility index (Phi) is 3.44. The Hall–Kier alpha value is -1.94. The van der Waals surface area contributed by atoms with Gasteiger partial charge in [0, 0.05) is 10.4 Å². The van der Waals surface area contributed by atoms with Crippen LogP contribution in [0.5, 0.6) is 0 Å². The summed E-state index contributed by atoms with van der Waals surface area (Å²) in [6.45, 7) is 10.5. The van der Waals surface area contributed by atoms with Crippen LogP contribution in [0.2, 0.25) is 0 Å². The van der Waals surface area contributed by atoms with Crippen LogP contribution >= 0.6 is 11.3 Å². The first-order valence-corrected chi connectivity index (χ1v) is 8.20. The van der Waals surface area contributed by atoms with E-state index < -0.39 is 0 Å². The molecular weight excluding hydrogens is 292 g/mol. The summed E-state index contributed by atoms with van der Waals surface area (Å²) in [5, 5.41) is 0.705. The minimum absolute atomic E-state index is 0.0539. The van der Waals surface area contributed by atoms with Gasteiger partial charge in [0.05, 0.1) is 5.39 Å². The third-order valence-corrected chi connectivity index (χ3v) is 4.90. The number of aromatic amines is 1. The van der Waals surface area contributed by atoms with Crippen molar-refractivity contribution in [2.75, 3.05) is 0 Å². The van der Waals surface area contributed by atoms with Crippen LogP contribution in [0, 0.1) is 13.8 Å². The molecule has 0 spiro atoms. The Labute approximate surface area is 134 Å². The van der Waals surface area contributed by atoms with Crippen LogP contribution in [0.25, 0.3) is 21.3 Å². The number of nitrogens with zero attached hydrogens (tertiary/aromatic N) is 1. The number of fused-ring (bicyclic) bond motifs is 1. The molecule has 2 aromatic heterocycles. The zero-order chi connectivity index (χ0) is 16.1. The van der Waals surface area contributed by atoms with Gasteiger partial charge in [-0.05, 0) is 30.4 Å². The second kappa shape index (κ2) is 5.06. The molecule has 4 heteroatoms. The smallest absolute Gasteiger partial charge is 0.260 e. The lowest BCUT2D eigenvalue weighted by molar-refractivity contribution is 0.590. The van der Waals surface area contributed by atoms with E-state index in [4.69, 9.17) is 0 Å². The van der Waals surface area contributed by atoms with Crippen molar-refractivity contribution in [3.05, 3.63) is 50.9 Å². The van der Waals surface area contributed by atoms with Gasteiger partial charge in [-0.1, -0.05) is 45.0 Å². The molecule has 114 valence electrons. The van der Waals surface area contributed by atoms with E-state index in [0.29, 0.717) is 11.2 Å². The topological polar surface area (TPSA) is 45.8 Å². The zero-order valence-electron chi connectivity index (χ0n) is 13.6. The molecule has 22 heavy (non-hydrogen) atoms. The van der Waals surface area contributed by atoms with Gasteiger partial charge in [-0.3, -0.25) is 4.79 Å². The van der Waals surface area contributed by atoms with E-state index in [2.05, 4.69) is 55.0 Å². The van der Waals surface area contributed by atoms with E-state index in [9.17, 15) is 4.79 Å². The van der Waals surface area contributed by atoms with Crippen LogP contribution in [-0.2, 0) is 5.41 Å². The van der Waals surface area contributed by atoms with Crippen molar-refractivity contribution >= 4 is 21.6 Å². The molecule has 1 N–H and O–H groups in total. The first kappa shape index (κ1) is 15.0. The number of nitrogens with one attached hydrogen (secondary N) is 1. The summed E-state index contributed by atoms with van der Waals surface area (Å²) in [5.74, 6) is 0.661. The van der Waals surface area contributed by atoms with Crippen molar-refractivity contribution in [3.63, 3.8) is 0 Å². The lowest BCUT2D eigenvalue weighted by Crippen LogP contribution is -2.11. The normalized spacial score (nSPS) is 12.0. The summed E-state index contributed by atoms with van der Waals surface area (Å²) in [7, 11) is 0. The summed E-state index contributed by atoms with van der Waals surface area (Å²) in [4.78, 5) is 21.6. The van der Waals surface area contributed by atoms with Gasteiger partial charge >= 0.3 is 0 Å². The number of hydrogen-bond donors (Lipinski definition) is 1. The molecule has 0 aliphatic rings. The van der Waals surface area contributed by atoms with Crippen LogP contribution in [0.3, 0.4) is 0 Å². The quantitative estimate of drug-likeness (QED) is 0.715. The second-order valence-electron chi connectivity index (χ2n) is 6.69. The van der Waals surface area contributed by atoms with E-state index in [-0.39, 0.29) is 11.0 Å². The van der Waals surface area contributed by atoms with E-state index in [0.717, 1.165) is 20.8 Å². The molecule has 0 unspecified atom stereocenters. The number of aryl methyl sites for hydroxylation is 2. The molecular formula is C18H20N2OS. The minimum atomic E-state index is -0.0539. The summed E-state index contributed by atoms with van der Waals surface area (Å²) < 4.78 is 0. The third-order valence-electron chi connectivity index (χ3n) is 3.90. The fourth-order valence-corrected chi connectivity index (χ4v) is 3.80. The van der Waals surface area contributed by atoms with E-state index in [1.54, 1.807) is 11.3 Å². The molecule has 1 aromatic carbocycles. The molecule has 0 bridgehead atoms. The third kappa shape index (κ3) is 2.48. The van der Waals surface area contributed by atoms with E-state index >= 15 is 0 Å². The molecule has 0 aliphatic heterocycles. The Balaban J connectivity index is 2.22. The highest BCUT2D eigenvalue weighted by Crippen LogP contribution is 2.36. The highest BCUT2D eigenvalue weighted by atomic mass is 32.1. The molecule has 0 fully saturated rings. The summed E-state index contributed by atoms with van der Waals surface area (Å²) in [6.07, 6.45) is 0. The van der Waals surface area contributed by atoms with Gasteiger partial charge in [-0.2, -0.15) is 0 Å². The predicted molar refractivity (Wildman–Crippen MR) is 93.9 cm³/mol. The maximum Gasteiger partial charge on any atom is 0.260 e. The fourth-order valence-electron chi connectivity index (χ4n) is 2.71. The molecule has 0 radical (unpaired) electrons. The van der Waals surface area contributed by atoms with Gasteiger partial charge < -0.3 is 4.98 Å². The van der Waals surface area contributed by atoms with Crippen LogP contribution in [-0.4, -0.2) is 9.97 Å². The molecule has 0 saturated carbocycles. The van der Waals surface area contributed by atoms with Crippen molar-refractivity contribution in [1.82, 2.24) is 9.97 Å². The maximum atomic E-state index is 12.3. The standard InChI is InChI=1S/C18H20N2OS/c1-10-14(12-6-8-13(9-7-12)18(3,4)5)15-16(21)19-11(2)20-17(15)22-10/h6-9H,1-5H3,(H,19,20,21). The Morgan fingerprint density at radius 3 is 2.32 bits per heavy atom. The molecule has 0 saturated heterocycles. The monoisotopic (exact) mass is 312 g/mol. The van der Waals surface area contributed by atoms with Gasteiger partial charge in [0.25, 0.3) is 5.56 Å². The molecule has 3 nitrogen and oxygen atoms in total. The second-order valence-corrected chi connectivity index (χ2v) is 7.90. The SMILES string of the molecule is Cc1nc2sc(C)c(-c3ccc(C(C)(C)C)cc3)c2c(=O)[nH]1. The lowest BCUT2D eigenvalue weighted by atomic mass is 9.86. The van der Waals surface area contributed by atoms with Gasteiger partial charge in [-0.15, -0.1) is 11.3 Å². The first-order chi connectivity index (χ1) is 10.3. The zero-order valence-corrected chi connectivity index (χ0v) is 14.4. The molecule has 0 atom stereocenters. The van der Waals surface area contributed by atoms with Crippen LogP contribution in [0.1, 0.15) is 37.0 Å². The van der Waals surface area contributed by atoms with Crippen LogP contribution in [0.4, 0.5) is 0 Å². The fraction of sp³-hybridized carbons (Fsp3) is 0.333. The van der Waals surface area contributed by atoms with E-state index in [1.165, 1.54) is 5.56 Å². The maximum absolute atomic E-state index is 12.3. The van der Waals surface area contributed by atoms with Gasteiger partial charge in [-0.25, -0.2) is 4.98 Å². The molecule has 3 rings (SSSR count). The average molecular weight is 312 g/mol. The van der Waals surface area contributed by atoms with Gasteiger partial charge in [0.15, 0.2) is 0 Å². The first-order valence-electron chi connectivity index (χ1n) is 7.38. The number of aromatic nitrogens is 2. The van der Waals surface area contributed by atoms with Crippen molar-refractivity contribution in [2.24, 2.45) is 0 Å². The Bertz CT molecular complexity index is 896. The van der Waals surface area contributed by atoms with Crippen molar-refractivity contribution in [2.45, 2.75) is 40.0 Å². The summed E-state index contributed by atoms with van der Waals surface area (Å²) in [6, 6.07) is 8.50. The Morgan fingerprint density at radius 1 is 1.09 bits per heavy atom. The number of H-pyrrole nitrogens is 1. The molecule has 0 aliphatic carbocycles. The summed E-state index contributed by atoms with van der Waals surface area (Å²) in [5.41, 5.74) is 3.45. The molecule has 0 amide bonds.